The van der Waals surface area contributed by atoms with Gasteiger partial charge in [-0.3, -0.25) is 9.97 Å². The van der Waals surface area contributed by atoms with Gasteiger partial charge in [-0.2, -0.15) is 0 Å². The van der Waals surface area contributed by atoms with Gasteiger partial charge in [-0.25, -0.2) is 0 Å². The maximum Gasteiger partial charge on any atom is 0.0718 e. The van der Waals surface area contributed by atoms with Crippen LogP contribution in [0.25, 0.3) is 66.0 Å². The van der Waals surface area contributed by atoms with E-state index >= 15 is 0 Å². The molecule has 240 valence electrons. The van der Waals surface area contributed by atoms with E-state index in [9.17, 15) is 0 Å². The first kappa shape index (κ1) is 29.5. The first-order valence-electron chi connectivity index (χ1n) is 17.8. The van der Waals surface area contributed by atoms with Crippen LogP contribution in [0, 0.1) is 11.8 Å². The molecule has 2 aromatic heterocycles. The van der Waals surface area contributed by atoms with Gasteiger partial charge in [0.05, 0.1) is 11.2 Å². The average molecular weight is 651 g/mol. The summed E-state index contributed by atoms with van der Waals surface area (Å²) < 4.78 is 0. The van der Waals surface area contributed by atoms with Gasteiger partial charge in [0.15, 0.2) is 0 Å². The number of rotatable bonds is 4. The number of hydrogen-bond acceptors (Lipinski definition) is 2. The highest BCUT2D eigenvalue weighted by Gasteiger charge is 2.33. The summed E-state index contributed by atoms with van der Waals surface area (Å²) >= 11 is 0. The molecule has 0 spiro atoms. The van der Waals surface area contributed by atoms with Crippen molar-refractivity contribution in [1.29, 1.82) is 0 Å². The minimum atomic E-state index is 0.229. The molecule has 2 nitrogen and oxygen atoms in total. The molecule has 0 N–H and O–H groups in total. The second kappa shape index (κ2) is 11.9. The summed E-state index contributed by atoms with van der Waals surface area (Å²) in [6.45, 7) is 2.37. The monoisotopic (exact) mass is 650 g/mol. The number of hydrogen-bond donors (Lipinski definition) is 0. The van der Waals surface area contributed by atoms with Crippen molar-refractivity contribution in [2.45, 2.75) is 6.92 Å². The van der Waals surface area contributed by atoms with Crippen molar-refractivity contribution >= 4 is 43.6 Å². The maximum atomic E-state index is 4.95. The van der Waals surface area contributed by atoms with Crippen LogP contribution in [0.3, 0.4) is 0 Å². The van der Waals surface area contributed by atoms with Crippen molar-refractivity contribution in [3.8, 4) is 22.4 Å². The van der Waals surface area contributed by atoms with Crippen LogP contribution in [0.1, 0.15) is 18.1 Å². The maximum absolute atomic E-state index is 4.95. The van der Waals surface area contributed by atoms with E-state index in [4.69, 9.17) is 4.98 Å². The van der Waals surface area contributed by atoms with Crippen LogP contribution >= 0.6 is 0 Å². The first-order chi connectivity index (χ1) is 25.2. The van der Waals surface area contributed by atoms with Crippen molar-refractivity contribution in [2.75, 3.05) is 0 Å². The fourth-order valence-corrected chi connectivity index (χ4v) is 8.28. The third kappa shape index (κ3) is 5.03. The molecule has 6 aromatic carbocycles. The van der Waals surface area contributed by atoms with E-state index in [-0.39, 0.29) is 5.92 Å². The lowest BCUT2D eigenvalue weighted by molar-refractivity contribution is 0.597. The molecule has 0 amide bonds. The van der Waals surface area contributed by atoms with Crippen molar-refractivity contribution in [2.24, 2.45) is 11.8 Å². The van der Waals surface area contributed by atoms with Crippen molar-refractivity contribution in [3.63, 3.8) is 0 Å². The van der Waals surface area contributed by atoms with E-state index in [1.165, 1.54) is 59.8 Å². The number of pyridine rings is 2. The minimum absolute atomic E-state index is 0.229. The molecule has 2 aliphatic rings. The molecule has 51 heavy (non-hydrogen) atoms. The van der Waals surface area contributed by atoms with E-state index in [1.54, 1.807) is 0 Å². The van der Waals surface area contributed by atoms with Gasteiger partial charge < -0.3 is 0 Å². The SMILES string of the molecule is CC1C=CC=C2C(c3ccc4ccccc4c3)=c3cc(-c4ccc(-c5cnc6ccccc6c5)nc4)ccc3=C(c3ccc4ccccc4c3)C21. The van der Waals surface area contributed by atoms with Gasteiger partial charge in [0.1, 0.15) is 0 Å². The Morgan fingerprint density at radius 1 is 0.471 bits per heavy atom. The summed E-state index contributed by atoms with van der Waals surface area (Å²) in [7, 11) is 0. The van der Waals surface area contributed by atoms with E-state index in [1.807, 2.05) is 24.5 Å². The highest BCUT2D eigenvalue weighted by Crippen LogP contribution is 2.44. The average Bonchev–Trinajstić information content (AvgIpc) is 3.19. The number of fused-ring (bicyclic) bond motifs is 5. The van der Waals surface area contributed by atoms with Gasteiger partial charge in [-0.05, 0) is 108 Å². The summed E-state index contributed by atoms with van der Waals surface area (Å²) in [4.78, 5) is 9.62. The second-order valence-electron chi connectivity index (χ2n) is 13.9. The zero-order chi connectivity index (χ0) is 33.9. The smallest absolute Gasteiger partial charge is 0.0718 e. The Morgan fingerprint density at radius 3 is 1.86 bits per heavy atom. The highest BCUT2D eigenvalue weighted by molar-refractivity contribution is 5.95. The molecular weight excluding hydrogens is 617 g/mol. The molecule has 0 bridgehead atoms. The zero-order valence-electron chi connectivity index (χ0n) is 28.3. The normalized spacial score (nSPS) is 16.7. The van der Waals surface area contributed by atoms with Gasteiger partial charge >= 0.3 is 0 Å². The summed E-state index contributed by atoms with van der Waals surface area (Å²) in [5.41, 5.74) is 11.8. The van der Waals surface area contributed by atoms with Gasteiger partial charge in [-0.1, -0.05) is 134 Å². The number of allylic oxidation sites excluding steroid dienone is 4. The summed E-state index contributed by atoms with van der Waals surface area (Å²) in [6, 6.07) is 53.0. The molecule has 2 heteroatoms. The van der Waals surface area contributed by atoms with Crippen LogP contribution in [0.5, 0.6) is 0 Å². The van der Waals surface area contributed by atoms with Crippen molar-refractivity contribution in [1.82, 2.24) is 9.97 Å². The van der Waals surface area contributed by atoms with Gasteiger partial charge in [0, 0.05) is 34.8 Å². The molecule has 0 fully saturated rings. The fourth-order valence-electron chi connectivity index (χ4n) is 8.28. The van der Waals surface area contributed by atoms with E-state index in [2.05, 4.69) is 164 Å². The lowest BCUT2D eigenvalue weighted by Gasteiger charge is -2.35. The van der Waals surface area contributed by atoms with Gasteiger partial charge in [0.25, 0.3) is 0 Å². The van der Waals surface area contributed by atoms with Crippen LogP contribution in [0.15, 0.2) is 182 Å². The number of nitrogens with zero attached hydrogens (tertiary/aromatic N) is 2. The van der Waals surface area contributed by atoms with Crippen molar-refractivity contribution in [3.05, 3.63) is 203 Å². The highest BCUT2D eigenvalue weighted by atomic mass is 14.7. The van der Waals surface area contributed by atoms with Gasteiger partial charge in [-0.15, -0.1) is 0 Å². The standard InChI is InChI=1S/C49H34N2/c1-31-9-8-15-43-47(31)49(39-20-18-33-11-3-5-13-35(33)26-39)42-23-21-36(28-44(42)48(43)38-19-17-32-10-2-4-12-34(32)25-38)40-22-24-46(50-29-40)41-27-37-14-6-7-16-45(37)51-30-41/h2-31,47H,1H3. The Kier molecular flexibility index (Phi) is 6.89. The molecule has 2 unspecified atom stereocenters. The molecular formula is C49H34N2. The fraction of sp³-hybridized carbons (Fsp3) is 0.0612. The van der Waals surface area contributed by atoms with E-state index < -0.39 is 0 Å². The Labute approximate surface area is 297 Å². The Morgan fingerprint density at radius 2 is 1.10 bits per heavy atom. The van der Waals surface area contributed by atoms with E-state index in [0.717, 1.165) is 33.3 Å². The third-order valence-electron chi connectivity index (χ3n) is 10.8. The third-order valence-corrected chi connectivity index (χ3v) is 10.8. The summed E-state index contributed by atoms with van der Waals surface area (Å²) in [6.07, 6.45) is 10.9. The molecule has 10 rings (SSSR count). The number of aromatic nitrogens is 2. The molecule has 2 atom stereocenters. The molecule has 2 aliphatic carbocycles. The molecule has 0 saturated heterocycles. The topological polar surface area (TPSA) is 25.8 Å². The van der Waals surface area contributed by atoms with Crippen LogP contribution < -0.4 is 10.4 Å². The quantitative estimate of drug-likeness (QED) is 0.189. The summed E-state index contributed by atoms with van der Waals surface area (Å²) in [5, 5.41) is 8.72. The lowest BCUT2D eigenvalue weighted by atomic mass is 9.68. The van der Waals surface area contributed by atoms with Crippen molar-refractivity contribution < 1.29 is 0 Å². The Bertz CT molecular complexity index is 2880. The van der Waals surface area contributed by atoms with Crippen LogP contribution in [-0.2, 0) is 0 Å². The zero-order valence-corrected chi connectivity index (χ0v) is 28.3. The van der Waals surface area contributed by atoms with Crippen LogP contribution in [-0.4, -0.2) is 9.97 Å². The molecule has 0 aliphatic heterocycles. The predicted molar refractivity (Wildman–Crippen MR) is 212 cm³/mol. The Balaban J connectivity index is 1.21. The minimum Gasteiger partial charge on any atom is -0.256 e. The van der Waals surface area contributed by atoms with E-state index in [0.29, 0.717) is 5.92 Å². The first-order valence-corrected chi connectivity index (χ1v) is 17.8. The molecule has 0 radical (unpaired) electrons. The molecule has 8 aromatic rings. The van der Waals surface area contributed by atoms with Crippen LogP contribution in [0.4, 0.5) is 0 Å². The summed E-state index contributed by atoms with van der Waals surface area (Å²) in [5.74, 6) is 0.573. The second-order valence-corrected chi connectivity index (χ2v) is 13.9. The predicted octanol–water partition coefficient (Wildman–Crippen LogP) is 10.4. The molecule has 0 saturated carbocycles. The van der Waals surface area contributed by atoms with Crippen LogP contribution in [0.2, 0.25) is 0 Å². The largest absolute Gasteiger partial charge is 0.256 e. The Hall–Kier alpha value is -6.38. The van der Waals surface area contributed by atoms with Gasteiger partial charge in [0.2, 0.25) is 0 Å². The number of para-hydroxylation sites is 1. The lowest BCUT2D eigenvalue weighted by Crippen LogP contribution is -2.39. The molecule has 2 heterocycles. The number of benzene rings is 6.